The van der Waals surface area contributed by atoms with Crippen molar-refractivity contribution in [1.29, 1.82) is 5.26 Å². The summed E-state index contributed by atoms with van der Waals surface area (Å²) in [5, 5.41) is 10.8. The fourth-order valence-corrected chi connectivity index (χ4v) is 7.49. The molecule has 2 N–H and O–H groups in total. The Balaban J connectivity index is 0.000000371. The Labute approximate surface area is 289 Å². The van der Waals surface area contributed by atoms with Crippen LogP contribution in [0.5, 0.6) is 0 Å². The molecular formula is C38H52F2N6OS. The van der Waals surface area contributed by atoms with Crippen LogP contribution < -0.4 is 10.6 Å². The van der Waals surface area contributed by atoms with Crippen molar-refractivity contribution in [2.45, 2.75) is 112 Å². The lowest BCUT2D eigenvalue weighted by Crippen LogP contribution is -2.41. The van der Waals surface area contributed by atoms with Crippen molar-refractivity contribution >= 4 is 44.6 Å². The molecule has 0 radical (unpaired) electrons. The van der Waals surface area contributed by atoms with Gasteiger partial charge in [-0.2, -0.15) is 5.26 Å². The van der Waals surface area contributed by atoms with E-state index in [4.69, 9.17) is 10.5 Å². The summed E-state index contributed by atoms with van der Waals surface area (Å²) in [5.74, 6) is -0.516. The third-order valence-corrected chi connectivity index (χ3v) is 10.8. The number of halogens is 2. The first-order valence-electron chi connectivity index (χ1n) is 17.3. The lowest BCUT2D eigenvalue weighted by molar-refractivity contribution is 0.134. The first kappa shape index (κ1) is 37.4. The summed E-state index contributed by atoms with van der Waals surface area (Å²) in [5.41, 5.74) is 10.4. The van der Waals surface area contributed by atoms with E-state index < -0.39 is 11.6 Å². The number of allylic oxidation sites excluding steroid dienone is 2. The number of aromatic nitrogens is 2. The predicted molar refractivity (Wildman–Crippen MR) is 196 cm³/mol. The van der Waals surface area contributed by atoms with Crippen LogP contribution in [0.4, 0.5) is 19.7 Å². The lowest BCUT2D eigenvalue weighted by Gasteiger charge is -2.35. The molecule has 0 bridgehead atoms. The van der Waals surface area contributed by atoms with Crippen molar-refractivity contribution in [2.75, 3.05) is 37.3 Å². The van der Waals surface area contributed by atoms with E-state index in [0.29, 0.717) is 52.2 Å². The zero-order chi connectivity index (χ0) is 35.2. The van der Waals surface area contributed by atoms with Crippen LogP contribution in [0.3, 0.4) is 0 Å². The number of unbranched alkanes of at least 4 members (excludes halogenated alkanes) is 1. The second kappa shape index (κ2) is 16.3. The van der Waals surface area contributed by atoms with Gasteiger partial charge in [0, 0.05) is 41.3 Å². The van der Waals surface area contributed by atoms with E-state index in [1.165, 1.54) is 38.3 Å². The molecule has 0 saturated carbocycles. The Bertz CT molecular complexity index is 1710. The van der Waals surface area contributed by atoms with Crippen molar-refractivity contribution in [2.24, 2.45) is 0 Å². The van der Waals surface area contributed by atoms with E-state index in [2.05, 4.69) is 60.6 Å². The fraction of sp³-hybridized carbons (Fsp3) is 0.553. The van der Waals surface area contributed by atoms with Crippen molar-refractivity contribution in [3.8, 4) is 6.07 Å². The van der Waals surface area contributed by atoms with E-state index in [9.17, 15) is 5.26 Å². The van der Waals surface area contributed by atoms with Crippen molar-refractivity contribution in [3.63, 3.8) is 0 Å². The molecule has 2 aliphatic heterocycles. The maximum Gasteiger partial charge on any atom is 0.225 e. The van der Waals surface area contributed by atoms with Gasteiger partial charge in [-0.15, -0.1) is 11.3 Å². The molecular weight excluding hydrogens is 627 g/mol. The molecule has 48 heavy (non-hydrogen) atoms. The van der Waals surface area contributed by atoms with Crippen LogP contribution in [-0.2, 0) is 18.0 Å². The second-order valence-corrected chi connectivity index (χ2v) is 14.5. The molecule has 2 aromatic heterocycles. The number of nitrogens with two attached hydrogens (primary N) is 1. The molecule has 4 heterocycles. The van der Waals surface area contributed by atoms with Crippen LogP contribution in [0.15, 0.2) is 17.8 Å². The van der Waals surface area contributed by atoms with Gasteiger partial charge in [0.1, 0.15) is 22.4 Å². The van der Waals surface area contributed by atoms with E-state index in [0.717, 1.165) is 48.4 Å². The van der Waals surface area contributed by atoms with E-state index >= 15 is 8.78 Å². The predicted octanol–water partition coefficient (Wildman–Crippen LogP) is 9.77. The number of hydrogen-bond donors (Lipinski definition) is 1. The minimum Gasteiger partial charge on any atom is -0.389 e. The van der Waals surface area contributed by atoms with Gasteiger partial charge in [0.15, 0.2) is 5.82 Å². The number of hydrogen-bond acceptors (Lipinski definition) is 8. The average Bonchev–Trinajstić information content (AvgIpc) is 3.86. The summed E-state index contributed by atoms with van der Waals surface area (Å²) >= 11 is 1.00. The zero-order valence-electron chi connectivity index (χ0n) is 30.0. The normalized spacial score (nSPS) is 15.5. The molecule has 0 atom stereocenters. The van der Waals surface area contributed by atoms with E-state index in [1.807, 2.05) is 13.8 Å². The van der Waals surface area contributed by atoms with Gasteiger partial charge in [0.2, 0.25) is 5.95 Å². The summed E-state index contributed by atoms with van der Waals surface area (Å²) in [4.78, 5) is 14.0. The second-order valence-electron chi connectivity index (χ2n) is 13.4. The molecule has 260 valence electrons. The highest BCUT2D eigenvalue weighted by Gasteiger charge is 2.33. The van der Waals surface area contributed by atoms with Crippen molar-refractivity contribution in [1.82, 2.24) is 14.9 Å². The number of benzene rings is 1. The van der Waals surface area contributed by atoms with Crippen LogP contribution in [0.25, 0.3) is 22.3 Å². The highest BCUT2D eigenvalue weighted by molar-refractivity contribution is 7.17. The molecule has 1 fully saturated rings. The molecule has 3 aromatic rings. The monoisotopic (exact) mass is 678 g/mol. The lowest BCUT2D eigenvalue weighted by atomic mass is 9.85. The van der Waals surface area contributed by atoms with Crippen LogP contribution >= 0.6 is 11.3 Å². The minimum atomic E-state index is -0.514. The fourth-order valence-electron chi connectivity index (χ4n) is 6.50. The Hall–Kier alpha value is -3.39. The Morgan fingerprint density at radius 3 is 2.46 bits per heavy atom. The number of thiophene rings is 1. The molecule has 5 rings (SSSR count). The van der Waals surface area contributed by atoms with Gasteiger partial charge >= 0.3 is 0 Å². The van der Waals surface area contributed by atoms with Crippen molar-refractivity contribution < 1.29 is 13.5 Å². The molecule has 0 unspecified atom stereocenters. The molecule has 0 aliphatic carbocycles. The standard InChI is InChI=1S/C27H27F2N5OS.C11H25N/c1-4-14(3)20(22-15(10-30)26(31)36-25(22)19(28)5-2)21-18-13-35-12-17(18)16-11-32-27(33-24(16)23(21)29)34-8-6-7-9-34;1-6-8-9-11(3,4)12(5)10-7-2/h5,11H,4,6-9,12-13,31H2,1-3H3;6-10H2,1-5H3/b19-5+,20-14+;. The summed E-state index contributed by atoms with van der Waals surface area (Å²) in [7, 11) is 2.24. The van der Waals surface area contributed by atoms with Crippen LogP contribution in [0.1, 0.15) is 126 Å². The van der Waals surface area contributed by atoms with Gasteiger partial charge in [-0.25, -0.2) is 18.7 Å². The van der Waals surface area contributed by atoms with E-state index in [-0.39, 0.29) is 27.6 Å². The van der Waals surface area contributed by atoms with Gasteiger partial charge < -0.3 is 20.3 Å². The first-order valence-corrected chi connectivity index (χ1v) is 18.2. The average molecular weight is 679 g/mol. The van der Waals surface area contributed by atoms with Crippen LogP contribution in [0.2, 0.25) is 0 Å². The quantitative estimate of drug-likeness (QED) is 0.216. The largest absolute Gasteiger partial charge is 0.389 e. The van der Waals surface area contributed by atoms with Crippen LogP contribution in [-0.4, -0.2) is 47.1 Å². The van der Waals surface area contributed by atoms with Gasteiger partial charge in [0.05, 0.1) is 23.7 Å². The third kappa shape index (κ3) is 7.59. The molecule has 7 nitrogen and oxygen atoms in total. The minimum absolute atomic E-state index is 0.155. The van der Waals surface area contributed by atoms with Crippen LogP contribution in [0, 0.1) is 17.1 Å². The zero-order valence-corrected chi connectivity index (χ0v) is 30.8. The molecule has 0 spiro atoms. The van der Waals surface area contributed by atoms with Gasteiger partial charge in [0.25, 0.3) is 0 Å². The summed E-state index contributed by atoms with van der Waals surface area (Å²) in [6.07, 6.45) is 10.9. The SMILES string of the molecule is C/C=C(/F)c1sc(N)c(C#N)c1/C(=C(\C)CC)c1c2c(c3cnc(N4CCCC4)nc3c1F)COC2.CCCCC(C)(C)N(C)CCC. The summed E-state index contributed by atoms with van der Waals surface area (Å²) < 4.78 is 37.5. The van der Waals surface area contributed by atoms with E-state index in [1.54, 1.807) is 13.1 Å². The highest BCUT2D eigenvalue weighted by Crippen LogP contribution is 2.47. The number of nitrogen functional groups attached to an aromatic ring is 1. The van der Waals surface area contributed by atoms with Gasteiger partial charge in [-0.3, -0.25) is 0 Å². The van der Waals surface area contributed by atoms with Gasteiger partial charge in [-0.1, -0.05) is 45.3 Å². The Morgan fingerprint density at radius 1 is 1.17 bits per heavy atom. The smallest absolute Gasteiger partial charge is 0.225 e. The number of anilines is 2. The summed E-state index contributed by atoms with van der Waals surface area (Å²) in [6, 6.07) is 2.13. The maximum absolute atomic E-state index is 16.7. The number of rotatable bonds is 11. The Morgan fingerprint density at radius 2 is 1.85 bits per heavy atom. The molecule has 0 amide bonds. The Kier molecular flexibility index (Phi) is 12.7. The molecule has 10 heteroatoms. The molecule has 2 aliphatic rings. The number of ether oxygens (including phenoxy) is 1. The number of nitrogens with zero attached hydrogens (tertiary/aromatic N) is 5. The topological polar surface area (TPSA) is 91.3 Å². The maximum atomic E-state index is 16.7. The highest BCUT2D eigenvalue weighted by atomic mass is 32.1. The van der Waals surface area contributed by atoms with Crippen molar-refractivity contribution in [3.05, 3.63) is 56.4 Å². The third-order valence-electron chi connectivity index (χ3n) is 9.79. The molecule has 1 aromatic carbocycles. The number of fused-ring (bicyclic) bond motifs is 3. The first-order chi connectivity index (χ1) is 22.9. The van der Waals surface area contributed by atoms with Gasteiger partial charge in [-0.05, 0) is 90.1 Å². The molecule has 1 saturated heterocycles. The number of nitriles is 1. The summed E-state index contributed by atoms with van der Waals surface area (Å²) in [6.45, 7) is 18.0.